The summed E-state index contributed by atoms with van der Waals surface area (Å²) < 4.78 is 0. The van der Waals surface area contributed by atoms with E-state index >= 15 is 0 Å². The molecular formula is C6H6Ar. The molecule has 0 saturated carbocycles. The van der Waals surface area contributed by atoms with Crippen molar-refractivity contribution in [2.75, 3.05) is 0 Å². The molecule has 0 unspecified atom stereocenters. The molecule has 0 heterocycles. The third-order valence-corrected chi connectivity index (χ3v) is 0.667. The number of hydrogen-bond donors (Lipinski definition) is 0. The van der Waals surface area contributed by atoms with Crippen molar-refractivity contribution in [3.05, 3.63) is 36.4 Å². The molecular weight excluding hydrogens is 112 g/mol. The zero-order valence-corrected chi connectivity index (χ0v) is 4.52. The van der Waals surface area contributed by atoms with Crippen LogP contribution in [0.1, 0.15) is 0 Å². The van der Waals surface area contributed by atoms with Gasteiger partial charge in [0.25, 0.3) is 0 Å². The van der Waals surface area contributed by atoms with Gasteiger partial charge >= 0.3 is 0 Å². The van der Waals surface area contributed by atoms with E-state index in [4.69, 9.17) is 0 Å². The van der Waals surface area contributed by atoms with Gasteiger partial charge in [-0.05, 0) is 0 Å². The molecule has 0 bridgehead atoms. The van der Waals surface area contributed by atoms with Crippen molar-refractivity contribution in [2.45, 2.75) is 0 Å². The molecule has 1 aromatic rings. The van der Waals surface area contributed by atoms with Gasteiger partial charge in [0.05, 0.1) is 0 Å². The fraction of sp³-hybridized carbons (Fsp3) is 0. The minimum atomic E-state index is 0. The van der Waals surface area contributed by atoms with E-state index < -0.39 is 0 Å². The van der Waals surface area contributed by atoms with Gasteiger partial charge in [-0.3, -0.25) is 0 Å². The smallest absolute Gasteiger partial charge is 0 e. The topological polar surface area (TPSA) is 0 Å². The largest absolute Gasteiger partial charge is 0.0623 e. The van der Waals surface area contributed by atoms with Gasteiger partial charge in [0.15, 0.2) is 0 Å². The van der Waals surface area contributed by atoms with E-state index in [0.717, 1.165) is 0 Å². The van der Waals surface area contributed by atoms with Gasteiger partial charge in [0.2, 0.25) is 0 Å². The van der Waals surface area contributed by atoms with Crippen LogP contribution < -0.4 is 0 Å². The zero-order valence-electron chi connectivity index (χ0n) is 3.82. The standard InChI is InChI=1S/C6H6.Ar/c1-2-4-6-5-3-1;/h1-6H;. The summed E-state index contributed by atoms with van der Waals surface area (Å²) in [7, 11) is 0. The fourth-order valence-corrected chi connectivity index (χ4v) is 0.385. The monoisotopic (exact) mass is 118 g/mol. The van der Waals surface area contributed by atoms with Crippen LogP contribution in [0, 0.1) is 37.7 Å². The van der Waals surface area contributed by atoms with Gasteiger partial charge in [-0.1, -0.05) is 36.4 Å². The Hall–Kier alpha value is 0.480. The zero-order chi connectivity index (χ0) is 4.24. The van der Waals surface area contributed by atoms with Crippen LogP contribution in [0.3, 0.4) is 0 Å². The molecule has 0 radical (unpaired) electrons. The Balaban J connectivity index is 0.000000360. The van der Waals surface area contributed by atoms with Crippen molar-refractivity contribution in [2.24, 2.45) is 0 Å². The first-order chi connectivity index (χ1) is 3.00. The Morgan fingerprint density at radius 2 is 0.571 bits per heavy atom. The first-order valence-corrected chi connectivity index (χ1v) is 2.00. The molecule has 0 atom stereocenters. The maximum Gasteiger partial charge on any atom is 0 e. The number of hydrogen-bond acceptors (Lipinski definition) is 0. The molecule has 1 aromatic carbocycles. The molecule has 0 saturated heterocycles. The maximum absolute atomic E-state index is 2.00. The van der Waals surface area contributed by atoms with Crippen LogP contribution in [-0.4, -0.2) is 0 Å². The van der Waals surface area contributed by atoms with Crippen LogP contribution in [0.2, 0.25) is 0 Å². The maximum atomic E-state index is 2.00. The fourth-order valence-electron chi connectivity index (χ4n) is 0.385. The Morgan fingerprint density at radius 3 is 0.714 bits per heavy atom. The predicted octanol–water partition coefficient (Wildman–Crippen LogP) is 1.69. The van der Waals surface area contributed by atoms with Crippen LogP contribution in [0.15, 0.2) is 36.4 Å². The Labute approximate surface area is 73.5 Å². The molecule has 0 nitrogen and oxygen atoms in total. The summed E-state index contributed by atoms with van der Waals surface area (Å²) >= 11 is 0. The summed E-state index contributed by atoms with van der Waals surface area (Å²) in [5, 5.41) is 0. The first-order valence-electron chi connectivity index (χ1n) is 2.00. The van der Waals surface area contributed by atoms with Crippen molar-refractivity contribution in [3.8, 4) is 0 Å². The quantitative estimate of drug-likeness (QED) is 0.486. The molecule has 1 rings (SSSR count). The summed E-state index contributed by atoms with van der Waals surface area (Å²) in [5.41, 5.74) is 0. The van der Waals surface area contributed by atoms with Gasteiger partial charge in [0.1, 0.15) is 0 Å². The van der Waals surface area contributed by atoms with Crippen molar-refractivity contribution in [1.29, 1.82) is 0 Å². The van der Waals surface area contributed by atoms with E-state index in [2.05, 4.69) is 0 Å². The number of benzene rings is 1. The summed E-state index contributed by atoms with van der Waals surface area (Å²) in [5.74, 6) is 0. The number of rotatable bonds is 0. The summed E-state index contributed by atoms with van der Waals surface area (Å²) in [6.45, 7) is 0. The second kappa shape index (κ2) is 4.63. The normalized spacial score (nSPS) is 6.86. The molecule has 0 amide bonds. The van der Waals surface area contributed by atoms with Gasteiger partial charge in [-0.2, -0.15) is 0 Å². The van der Waals surface area contributed by atoms with E-state index in [9.17, 15) is 0 Å². The van der Waals surface area contributed by atoms with Crippen molar-refractivity contribution < 1.29 is 37.7 Å². The molecule has 7 heavy (non-hydrogen) atoms. The minimum absolute atomic E-state index is 0. The van der Waals surface area contributed by atoms with Crippen LogP contribution >= 0.6 is 0 Å². The third-order valence-electron chi connectivity index (χ3n) is 0.667. The van der Waals surface area contributed by atoms with E-state index in [1.165, 1.54) is 0 Å². The molecule has 1 heteroatoms. The second-order valence-corrected chi connectivity index (χ2v) is 1.15. The van der Waals surface area contributed by atoms with Crippen molar-refractivity contribution >= 4 is 0 Å². The third kappa shape index (κ3) is 3.10. The van der Waals surface area contributed by atoms with E-state index in [1.807, 2.05) is 36.4 Å². The molecule has 0 N–H and O–H groups in total. The Morgan fingerprint density at radius 1 is 0.429 bits per heavy atom. The second-order valence-electron chi connectivity index (χ2n) is 1.15. The van der Waals surface area contributed by atoms with Gasteiger partial charge in [-0.25, -0.2) is 0 Å². The van der Waals surface area contributed by atoms with Crippen LogP contribution in [0.4, 0.5) is 0 Å². The van der Waals surface area contributed by atoms with Crippen LogP contribution in [0.5, 0.6) is 0 Å². The van der Waals surface area contributed by atoms with E-state index in [1.54, 1.807) is 0 Å². The molecule has 38 valence electrons. The Bertz CT molecular complexity index is 76.1. The molecule has 0 fully saturated rings. The summed E-state index contributed by atoms with van der Waals surface area (Å²) in [6, 6.07) is 12.0. The molecule has 0 spiro atoms. The Kier molecular flexibility index (Phi) is 4.95. The van der Waals surface area contributed by atoms with Crippen molar-refractivity contribution in [3.63, 3.8) is 0 Å². The predicted molar refractivity (Wildman–Crippen MR) is 26.4 cm³/mol. The average molecular weight is 118 g/mol. The minimum Gasteiger partial charge on any atom is -0.0623 e. The summed E-state index contributed by atoms with van der Waals surface area (Å²) in [6.07, 6.45) is 0. The average Bonchev–Trinajstić information content (AvgIpc) is 1.72. The van der Waals surface area contributed by atoms with Gasteiger partial charge in [0, 0.05) is 37.7 Å². The molecule has 0 aliphatic rings. The SMILES string of the molecule is [Ar].c1ccccc1. The van der Waals surface area contributed by atoms with E-state index in [-0.39, 0.29) is 37.7 Å². The van der Waals surface area contributed by atoms with E-state index in [0.29, 0.717) is 0 Å². The first kappa shape index (κ1) is 7.48. The van der Waals surface area contributed by atoms with Gasteiger partial charge < -0.3 is 0 Å². The van der Waals surface area contributed by atoms with Crippen LogP contribution in [-0.2, 0) is 0 Å². The molecule has 0 aliphatic carbocycles. The van der Waals surface area contributed by atoms with Gasteiger partial charge in [-0.15, -0.1) is 0 Å². The molecule has 0 aromatic heterocycles. The van der Waals surface area contributed by atoms with Crippen LogP contribution in [0.25, 0.3) is 0 Å². The van der Waals surface area contributed by atoms with Crippen molar-refractivity contribution in [1.82, 2.24) is 0 Å². The molecule has 0 aliphatic heterocycles. The summed E-state index contributed by atoms with van der Waals surface area (Å²) in [4.78, 5) is 0.